The SMILES string of the molecule is CC/C=C\C/C=C\C/C=C\C/C=C\C/C=C\C/C=C\CCC(=O)NCCOCCNC(=O)CCCC1CCC2C3C[C@H](CC)C4CCCCC4(C)[C@H]3CCC12C. The van der Waals surface area contributed by atoms with E-state index in [-0.39, 0.29) is 11.8 Å². The fourth-order valence-electron chi connectivity index (χ4n) is 11.8. The molecule has 0 heterocycles. The normalized spacial score (nSPS) is 30.6. The monoisotopic (exact) mass is 771 g/mol. The average Bonchev–Trinajstić information content (AvgIpc) is 3.53. The average molecular weight is 771 g/mol. The van der Waals surface area contributed by atoms with Gasteiger partial charge in [0.25, 0.3) is 0 Å². The summed E-state index contributed by atoms with van der Waals surface area (Å²) in [6.45, 7) is 11.9. The Morgan fingerprint density at radius 2 is 1.20 bits per heavy atom. The summed E-state index contributed by atoms with van der Waals surface area (Å²) in [5.41, 5.74) is 1.07. The molecular formula is C51H82N2O3. The van der Waals surface area contributed by atoms with Crippen LogP contribution in [0.4, 0.5) is 0 Å². The van der Waals surface area contributed by atoms with Crippen molar-refractivity contribution in [2.75, 3.05) is 26.3 Å². The highest BCUT2D eigenvalue weighted by molar-refractivity contribution is 5.76. The van der Waals surface area contributed by atoms with E-state index in [1.165, 1.54) is 70.6 Å². The largest absolute Gasteiger partial charge is 0.378 e. The highest BCUT2D eigenvalue weighted by atomic mass is 16.5. The van der Waals surface area contributed by atoms with E-state index in [0.29, 0.717) is 50.0 Å². The summed E-state index contributed by atoms with van der Waals surface area (Å²) in [7, 11) is 0. The van der Waals surface area contributed by atoms with Crippen molar-refractivity contribution in [1.29, 1.82) is 0 Å². The molecule has 4 aliphatic carbocycles. The number of hydrogen-bond acceptors (Lipinski definition) is 3. The minimum absolute atomic E-state index is 0.0490. The van der Waals surface area contributed by atoms with Crippen LogP contribution in [-0.2, 0) is 14.3 Å². The van der Waals surface area contributed by atoms with Crippen LogP contribution in [0.1, 0.15) is 163 Å². The fraction of sp³-hybridized carbons (Fsp3) is 0.725. The van der Waals surface area contributed by atoms with Crippen molar-refractivity contribution in [2.24, 2.45) is 46.3 Å². The van der Waals surface area contributed by atoms with Crippen LogP contribution in [-0.4, -0.2) is 38.1 Å². The Balaban J connectivity index is 0.956. The summed E-state index contributed by atoms with van der Waals surface area (Å²) in [6, 6.07) is 0. The van der Waals surface area contributed by atoms with Gasteiger partial charge in [0, 0.05) is 25.9 Å². The first kappa shape index (κ1) is 46.0. The van der Waals surface area contributed by atoms with E-state index in [1.54, 1.807) is 0 Å². The van der Waals surface area contributed by atoms with Crippen LogP contribution in [0.15, 0.2) is 72.9 Å². The zero-order valence-corrected chi connectivity index (χ0v) is 36.3. The molecule has 314 valence electrons. The zero-order valence-electron chi connectivity index (χ0n) is 36.3. The van der Waals surface area contributed by atoms with Gasteiger partial charge >= 0.3 is 0 Å². The molecule has 8 atom stereocenters. The lowest BCUT2D eigenvalue weighted by Gasteiger charge is -2.62. The molecule has 4 aliphatic rings. The summed E-state index contributed by atoms with van der Waals surface area (Å²) < 4.78 is 5.67. The number of rotatable bonds is 25. The number of amides is 2. The van der Waals surface area contributed by atoms with Crippen LogP contribution < -0.4 is 10.6 Å². The summed E-state index contributed by atoms with van der Waals surface area (Å²) in [6.07, 6.45) is 50.7. The van der Waals surface area contributed by atoms with Gasteiger partial charge in [-0.15, -0.1) is 0 Å². The van der Waals surface area contributed by atoms with Gasteiger partial charge in [-0.3, -0.25) is 9.59 Å². The van der Waals surface area contributed by atoms with Gasteiger partial charge in [0.05, 0.1) is 13.2 Å². The number of fused-ring (bicyclic) bond motifs is 5. The first-order valence-electron chi connectivity index (χ1n) is 23.3. The van der Waals surface area contributed by atoms with Crippen molar-refractivity contribution in [3.05, 3.63) is 72.9 Å². The fourth-order valence-corrected chi connectivity index (χ4v) is 11.8. The summed E-state index contributed by atoms with van der Waals surface area (Å²) in [5, 5.41) is 5.99. The van der Waals surface area contributed by atoms with Crippen LogP contribution in [0, 0.1) is 46.3 Å². The van der Waals surface area contributed by atoms with Crippen LogP contribution in [0.25, 0.3) is 0 Å². The van der Waals surface area contributed by atoms with Crippen molar-refractivity contribution in [2.45, 2.75) is 163 Å². The van der Waals surface area contributed by atoms with Crippen LogP contribution in [0.5, 0.6) is 0 Å². The number of ether oxygens (including phenoxy) is 1. The number of allylic oxidation sites excluding steroid dienone is 12. The topological polar surface area (TPSA) is 67.4 Å². The van der Waals surface area contributed by atoms with E-state index in [9.17, 15) is 9.59 Å². The third-order valence-electron chi connectivity index (χ3n) is 14.7. The number of hydrogen-bond donors (Lipinski definition) is 2. The van der Waals surface area contributed by atoms with E-state index < -0.39 is 0 Å². The van der Waals surface area contributed by atoms with Crippen LogP contribution >= 0.6 is 0 Å². The van der Waals surface area contributed by atoms with Crippen molar-refractivity contribution in [3.63, 3.8) is 0 Å². The summed E-state index contributed by atoms with van der Waals surface area (Å²) >= 11 is 0. The Hall–Kier alpha value is -2.66. The molecule has 6 unspecified atom stereocenters. The van der Waals surface area contributed by atoms with Gasteiger partial charge < -0.3 is 15.4 Å². The zero-order chi connectivity index (χ0) is 39.9. The molecule has 2 amide bonds. The maximum absolute atomic E-state index is 12.7. The molecule has 5 nitrogen and oxygen atoms in total. The summed E-state index contributed by atoms with van der Waals surface area (Å²) in [4.78, 5) is 24.8. The highest BCUT2D eigenvalue weighted by Crippen LogP contribution is 2.69. The van der Waals surface area contributed by atoms with Crippen LogP contribution in [0.2, 0.25) is 0 Å². The first-order chi connectivity index (χ1) is 27.3. The molecule has 56 heavy (non-hydrogen) atoms. The van der Waals surface area contributed by atoms with Crippen molar-refractivity contribution >= 4 is 11.8 Å². The van der Waals surface area contributed by atoms with Crippen molar-refractivity contribution in [3.8, 4) is 0 Å². The summed E-state index contributed by atoms with van der Waals surface area (Å²) in [5.74, 6) is 5.69. The van der Waals surface area contributed by atoms with Gasteiger partial charge in [-0.1, -0.05) is 120 Å². The molecule has 0 bridgehead atoms. The first-order valence-corrected chi connectivity index (χ1v) is 23.3. The molecule has 4 fully saturated rings. The maximum Gasteiger partial charge on any atom is 0.220 e. The van der Waals surface area contributed by atoms with E-state index in [1.807, 2.05) is 0 Å². The minimum atomic E-state index is 0.0490. The van der Waals surface area contributed by atoms with Crippen LogP contribution in [0.3, 0.4) is 0 Å². The molecular weight excluding hydrogens is 689 g/mol. The Bertz CT molecular complexity index is 1330. The smallest absolute Gasteiger partial charge is 0.220 e. The molecule has 4 rings (SSSR count). The van der Waals surface area contributed by atoms with Gasteiger partial charge in [0.1, 0.15) is 0 Å². The standard InChI is InChI=1S/C51H82N2O3/c1-5-7-8-9-10-11-12-13-14-15-16-17-18-19-20-21-22-23-24-30-48(54)52-37-39-56-40-38-53-49(55)31-27-28-43-32-33-46-44-41-42(6-2)45-29-25-26-35-51(45,4)47(44)34-36-50(43,46)3/h7-8,10-11,13-14,16-17,19-20,22-23,42-47H,5-6,9,12,15,18,21,24-41H2,1-4H3,(H,52,54)(H,53,55)/b8-7-,11-10-,14-13-,17-16-,20-19-,23-22-/t42-,43?,44?,45?,46?,47-,50?,51?/m0/s1. The third kappa shape index (κ3) is 14.3. The molecule has 0 radical (unpaired) electrons. The molecule has 0 aromatic rings. The molecule has 5 heteroatoms. The lowest BCUT2D eigenvalue weighted by atomic mass is 9.42. The van der Waals surface area contributed by atoms with Gasteiger partial charge in [0.2, 0.25) is 11.8 Å². The molecule has 0 saturated heterocycles. The minimum Gasteiger partial charge on any atom is -0.378 e. The molecule has 0 spiro atoms. The quantitative estimate of drug-likeness (QED) is 0.0718. The van der Waals surface area contributed by atoms with E-state index in [4.69, 9.17) is 4.74 Å². The number of nitrogens with one attached hydrogen (secondary N) is 2. The lowest BCUT2D eigenvalue weighted by molar-refractivity contribution is -0.136. The second-order valence-corrected chi connectivity index (χ2v) is 18.1. The van der Waals surface area contributed by atoms with Gasteiger partial charge in [-0.2, -0.15) is 0 Å². The molecule has 0 aromatic carbocycles. The Labute approximate surface area is 343 Å². The second kappa shape index (κ2) is 25.6. The van der Waals surface area contributed by atoms with E-state index in [2.05, 4.69) is 111 Å². The van der Waals surface area contributed by atoms with Gasteiger partial charge in [0.15, 0.2) is 0 Å². The third-order valence-corrected chi connectivity index (χ3v) is 14.7. The van der Waals surface area contributed by atoms with E-state index >= 15 is 0 Å². The Kier molecular flexibility index (Phi) is 21.1. The molecule has 0 aromatic heterocycles. The molecule has 2 N–H and O–H groups in total. The number of carbonyl (C=O) groups is 2. The Morgan fingerprint density at radius 1 is 0.625 bits per heavy atom. The second-order valence-electron chi connectivity index (χ2n) is 18.1. The predicted molar refractivity (Wildman–Crippen MR) is 237 cm³/mol. The van der Waals surface area contributed by atoms with Gasteiger partial charge in [-0.05, 0) is 149 Å². The Morgan fingerprint density at radius 3 is 1.80 bits per heavy atom. The highest BCUT2D eigenvalue weighted by Gasteiger charge is 2.60. The number of carbonyl (C=O) groups excluding carboxylic acids is 2. The van der Waals surface area contributed by atoms with Crippen molar-refractivity contribution in [1.82, 2.24) is 10.6 Å². The molecule has 4 saturated carbocycles. The lowest BCUT2D eigenvalue weighted by Crippen LogP contribution is -2.55. The maximum atomic E-state index is 12.7. The predicted octanol–water partition coefficient (Wildman–Crippen LogP) is 12.6. The molecule has 0 aliphatic heterocycles. The van der Waals surface area contributed by atoms with E-state index in [0.717, 1.165) is 86.9 Å². The van der Waals surface area contributed by atoms with Crippen molar-refractivity contribution < 1.29 is 14.3 Å². The van der Waals surface area contributed by atoms with Gasteiger partial charge in [-0.25, -0.2) is 0 Å².